The van der Waals surface area contributed by atoms with Gasteiger partial charge in [0, 0.05) is 29.9 Å². The lowest BCUT2D eigenvalue weighted by Gasteiger charge is -2.04. The third kappa shape index (κ3) is 2.26. The molecule has 0 fully saturated rings. The monoisotopic (exact) mass is 258 g/mol. The molecule has 0 aliphatic heterocycles. The van der Waals surface area contributed by atoms with Crippen LogP contribution in [0, 0.1) is 23.0 Å². The van der Waals surface area contributed by atoms with E-state index in [1.54, 1.807) is 6.08 Å². The second-order valence-corrected chi connectivity index (χ2v) is 5.07. The maximum absolute atomic E-state index is 11.1. The van der Waals surface area contributed by atoms with Gasteiger partial charge in [0.1, 0.15) is 0 Å². The van der Waals surface area contributed by atoms with Crippen molar-refractivity contribution in [1.29, 1.82) is 0 Å². The third-order valence-corrected chi connectivity index (χ3v) is 3.50. The van der Waals surface area contributed by atoms with Crippen LogP contribution in [0.4, 0.5) is 0 Å². The first-order valence-electron chi connectivity index (χ1n) is 6.33. The van der Waals surface area contributed by atoms with Crippen molar-refractivity contribution in [3.8, 4) is 0 Å². The summed E-state index contributed by atoms with van der Waals surface area (Å²) in [5.74, 6) is -0.104. The summed E-state index contributed by atoms with van der Waals surface area (Å²) in [5.41, 5.74) is 3.33. The van der Waals surface area contributed by atoms with Crippen molar-refractivity contribution < 1.29 is 4.92 Å². The van der Waals surface area contributed by atoms with E-state index in [1.165, 1.54) is 0 Å². The van der Waals surface area contributed by atoms with Crippen LogP contribution in [0.1, 0.15) is 25.1 Å². The zero-order chi connectivity index (χ0) is 14.2. The molecule has 2 rings (SSSR count). The first-order chi connectivity index (χ1) is 8.93. The first-order valence-corrected chi connectivity index (χ1v) is 6.33. The van der Waals surface area contributed by atoms with E-state index in [2.05, 4.69) is 0 Å². The van der Waals surface area contributed by atoms with Gasteiger partial charge in [0.2, 0.25) is 0 Å². The zero-order valence-electron chi connectivity index (χ0n) is 11.7. The Labute approximate surface area is 112 Å². The van der Waals surface area contributed by atoms with Crippen LogP contribution in [-0.4, -0.2) is 9.49 Å². The van der Waals surface area contributed by atoms with E-state index in [9.17, 15) is 10.1 Å². The minimum atomic E-state index is -0.290. The van der Waals surface area contributed by atoms with Gasteiger partial charge in [-0.3, -0.25) is 10.1 Å². The molecule has 1 aromatic carbocycles. The molecule has 0 saturated heterocycles. The Bertz CT molecular complexity index is 627. The van der Waals surface area contributed by atoms with Gasteiger partial charge in [0.25, 0.3) is 5.70 Å². The lowest BCUT2D eigenvalue weighted by Crippen LogP contribution is -2.06. The Morgan fingerprint density at radius 3 is 2.53 bits per heavy atom. The number of benzene rings is 1. The van der Waals surface area contributed by atoms with Gasteiger partial charge in [-0.15, -0.1) is 0 Å². The van der Waals surface area contributed by atoms with Gasteiger partial charge in [-0.05, 0) is 18.6 Å². The second-order valence-electron chi connectivity index (χ2n) is 5.07. The Hall–Kier alpha value is -2.10. The van der Waals surface area contributed by atoms with Gasteiger partial charge < -0.3 is 4.57 Å². The summed E-state index contributed by atoms with van der Waals surface area (Å²) in [4.78, 5) is 10.8. The van der Waals surface area contributed by atoms with E-state index in [4.69, 9.17) is 0 Å². The molecule has 19 heavy (non-hydrogen) atoms. The fraction of sp³-hybridized carbons (Fsp3) is 0.333. The average Bonchev–Trinajstić information content (AvgIpc) is 2.59. The maximum Gasteiger partial charge on any atom is 0.250 e. The maximum atomic E-state index is 11.1. The predicted molar refractivity (Wildman–Crippen MR) is 77.5 cm³/mol. The van der Waals surface area contributed by atoms with E-state index >= 15 is 0 Å². The number of nitrogens with zero attached hydrogens (tertiary/aromatic N) is 2. The summed E-state index contributed by atoms with van der Waals surface area (Å²) in [7, 11) is 1.94. The highest BCUT2D eigenvalue weighted by Gasteiger charge is 2.18. The predicted octanol–water partition coefficient (Wildman–Crippen LogP) is 3.76. The van der Waals surface area contributed by atoms with Crippen molar-refractivity contribution in [1.82, 2.24) is 4.57 Å². The molecule has 2 aromatic rings. The molecule has 4 heteroatoms. The molecule has 100 valence electrons. The minimum absolute atomic E-state index is 0.104. The number of hydrogen-bond donors (Lipinski definition) is 0. The molecule has 4 nitrogen and oxygen atoms in total. The molecule has 0 unspecified atom stereocenters. The van der Waals surface area contributed by atoms with E-state index in [0.717, 1.165) is 22.2 Å². The van der Waals surface area contributed by atoms with Gasteiger partial charge in [0.15, 0.2) is 0 Å². The molecule has 0 saturated carbocycles. The van der Waals surface area contributed by atoms with Gasteiger partial charge in [0.05, 0.1) is 10.6 Å². The number of para-hydroxylation sites is 1. The van der Waals surface area contributed by atoms with Crippen molar-refractivity contribution >= 4 is 17.0 Å². The molecule has 0 amide bonds. The second kappa shape index (κ2) is 4.88. The van der Waals surface area contributed by atoms with E-state index in [1.807, 2.05) is 56.7 Å². The zero-order valence-corrected chi connectivity index (χ0v) is 11.7. The number of fused-ring (bicyclic) bond motifs is 1. The van der Waals surface area contributed by atoms with Crippen LogP contribution in [-0.2, 0) is 7.05 Å². The molecule has 0 N–H and O–H groups in total. The first kappa shape index (κ1) is 13.3. The van der Waals surface area contributed by atoms with Crippen LogP contribution in [0.5, 0.6) is 0 Å². The lowest BCUT2D eigenvalue weighted by atomic mass is 10.1. The van der Waals surface area contributed by atoms with E-state index in [0.29, 0.717) is 0 Å². The Morgan fingerprint density at radius 1 is 1.37 bits per heavy atom. The highest BCUT2D eigenvalue weighted by atomic mass is 16.6. The van der Waals surface area contributed by atoms with Crippen molar-refractivity contribution in [2.75, 3.05) is 0 Å². The molecule has 0 radical (unpaired) electrons. The number of rotatable bonds is 3. The fourth-order valence-electron chi connectivity index (χ4n) is 2.38. The minimum Gasteiger partial charge on any atom is -0.344 e. The van der Waals surface area contributed by atoms with Crippen LogP contribution >= 0.6 is 0 Å². The molecular weight excluding hydrogens is 240 g/mol. The van der Waals surface area contributed by atoms with Crippen LogP contribution in [0.2, 0.25) is 0 Å². The van der Waals surface area contributed by atoms with Gasteiger partial charge in [-0.2, -0.15) is 0 Å². The van der Waals surface area contributed by atoms with Crippen LogP contribution in [0.3, 0.4) is 0 Å². The quantitative estimate of drug-likeness (QED) is 0.621. The SMILES string of the molecule is Cc1c(/C=C(/C(C)C)[N+](=O)[O-])n(C)c2ccccc12. The summed E-state index contributed by atoms with van der Waals surface area (Å²) in [6, 6.07) is 8.04. The van der Waals surface area contributed by atoms with E-state index in [-0.39, 0.29) is 16.5 Å². The number of hydrogen-bond acceptors (Lipinski definition) is 2. The van der Waals surface area contributed by atoms with E-state index < -0.39 is 0 Å². The highest BCUT2D eigenvalue weighted by Crippen LogP contribution is 2.27. The van der Waals surface area contributed by atoms with Gasteiger partial charge >= 0.3 is 0 Å². The van der Waals surface area contributed by atoms with Gasteiger partial charge in [-0.25, -0.2) is 0 Å². The molecular formula is C15H18N2O2. The Balaban J connectivity index is 2.69. The Kier molecular flexibility index (Phi) is 3.42. The molecule has 1 aromatic heterocycles. The standard InChI is InChI=1S/C15H18N2O2/c1-10(2)14(17(18)19)9-15-11(3)12-7-5-6-8-13(12)16(15)4/h5-10H,1-4H3/b14-9-. The molecule has 0 aliphatic rings. The molecule has 0 spiro atoms. The normalized spacial score (nSPS) is 12.4. The van der Waals surface area contributed by atoms with Crippen LogP contribution in [0.25, 0.3) is 17.0 Å². The topological polar surface area (TPSA) is 48.1 Å². The third-order valence-electron chi connectivity index (χ3n) is 3.50. The number of aryl methyl sites for hydroxylation is 2. The molecule has 0 bridgehead atoms. The molecule has 0 aliphatic carbocycles. The summed E-state index contributed by atoms with van der Waals surface area (Å²) in [6.07, 6.45) is 1.69. The van der Waals surface area contributed by atoms with Crippen molar-refractivity contribution in [2.45, 2.75) is 20.8 Å². The molecule has 1 heterocycles. The lowest BCUT2D eigenvalue weighted by molar-refractivity contribution is -0.431. The summed E-state index contributed by atoms with van der Waals surface area (Å²) in [6.45, 7) is 5.69. The molecule has 0 atom stereocenters. The smallest absolute Gasteiger partial charge is 0.250 e. The average molecular weight is 258 g/mol. The van der Waals surface area contributed by atoms with Crippen molar-refractivity contribution in [3.05, 3.63) is 51.3 Å². The van der Waals surface area contributed by atoms with Crippen molar-refractivity contribution in [3.63, 3.8) is 0 Å². The fourth-order valence-corrected chi connectivity index (χ4v) is 2.38. The Morgan fingerprint density at radius 2 is 2.00 bits per heavy atom. The number of nitro groups is 1. The van der Waals surface area contributed by atoms with Crippen LogP contribution < -0.4 is 0 Å². The largest absolute Gasteiger partial charge is 0.344 e. The number of allylic oxidation sites excluding steroid dienone is 1. The summed E-state index contributed by atoms with van der Waals surface area (Å²) < 4.78 is 2.01. The van der Waals surface area contributed by atoms with Crippen LogP contribution in [0.15, 0.2) is 30.0 Å². The highest BCUT2D eigenvalue weighted by molar-refractivity contribution is 5.87. The van der Waals surface area contributed by atoms with Crippen molar-refractivity contribution in [2.24, 2.45) is 13.0 Å². The summed E-state index contributed by atoms with van der Waals surface area (Å²) in [5, 5.41) is 12.3. The number of aromatic nitrogens is 1. The van der Waals surface area contributed by atoms with Gasteiger partial charge in [-0.1, -0.05) is 32.0 Å². The summed E-state index contributed by atoms with van der Waals surface area (Å²) >= 11 is 0.